The van der Waals surface area contributed by atoms with E-state index in [1.807, 2.05) is 24.3 Å². The Morgan fingerprint density at radius 3 is 2.50 bits per heavy atom. The van der Waals surface area contributed by atoms with Crippen LogP contribution in [-0.4, -0.2) is 44.9 Å². The predicted molar refractivity (Wildman–Crippen MR) is 121 cm³/mol. The van der Waals surface area contributed by atoms with E-state index < -0.39 is 10.0 Å². The standard InChI is InChI=1S/C24H30N2O5S/c1-26(32(28,29)19-12-10-18(30-2)11-13-19)17-23(27)25-21-16-24(14-6-3-7-15-24)31-22-9-5-4-8-20(21)22/h4-5,8-13,21H,3,6-7,14-17H2,1-2H3,(H,25,27)/t21-/m0/s1. The molecule has 172 valence electrons. The smallest absolute Gasteiger partial charge is 0.243 e. The topological polar surface area (TPSA) is 84.9 Å². The van der Waals surface area contributed by atoms with Crippen molar-refractivity contribution in [3.05, 3.63) is 54.1 Å². The lowest BCUT2D eigenvalue weighted by Crippen LogP contribution is -2.48. The van der Waals surface area contributed by atoms with Crippen molar-refractivity contribution in [1.29, 1.82) is 0 Å². The van der Waals surface area contributed by atoms with Crippen LogP contribution >= 0.6 is 0 Å². The maximum Gasteiger partial charge on any atom is 0.243 e. The Kier molecular flexibility index (Phi) is 6.44. The van der Waals surface area contributed by atoms with E-state index in [-0.39, 0.29) is 29.0 Å². The number of hydrogen-bond donors (Lipinski definition) is 1. The number of carbonyl (C=O) groups excluding carboxylic acids is 1. The molecule has 7 nitrogen and oxygen atoms in total. The molecular formula is C24H30N2O5S. The Hall–Kier alpha value is -2.58. The molecule has 2 aliphatic rings. The average molecular weight is 459 g/mol. The van der Waals surface area contributed by atoms with Crippen molar-refractivity contribution in [2.45, 2.75) is 55.1 Å². The first-order valence-corrected chi connectivity index (χ1v) is 12.4. The summed E-state index contributed by atoms with van der Waals surface area (Å²) in [5.41, 5.74) is 0.684. The summed E-state index contributed by atoms with van der Waals surface area (Å²) in [6.07, 6.45) is 6.08. The fourth-order valence-corrected chi connectivity index (χ4v) is 5.83. The molecule has 32 heavy (non-hydrogen) atoms. The van der Waals surface area contributed by atoms with Crippen LogP contribution in [0.3, 0.4) is 0 Å². The molecule has 0 saturated heterocycles. The van der Waals surface area contributed by atoms with Crippen LogP contribution in [0.2, 0.25) is 0 Å². The van der Waals surface area contributed by atoms with Gasteiger partial charge < -0.3 is 14.8 Å². The number of nitrogens with zero attached hydrogens (tertiary/aromatic N) is 1. The highest BCUT2D eigenvalue weighted by molar-refractivity contribution is 7.89. The zero-order valence-corrected chi connectivity index (χ0v) is 19.4. The Bertz CT molecular complexity index is 1060. The maximum atomic E-state index is 12.9. The number of benzene rings is 2. The van der Waals surface area contributed by atoms with Crippen LogP contribution < -0.4 is 14.8 Å². The first-order chi connectivity index (χ1) is 15.3. The van der Waals surface area contributed by atoms with Gasteiger partial charge in [0.1, 0.15) is 17.1 Å². The van der Waals surface area contributed by atoms with Gasteiger partial charge in [-0.25, -0.2) is 8.42 Å². The molecule has 1 spiro atoms. The summed E-state index contributed by atoms with van der Waals surface area (Å²) in [5, 5.41) is 3.07. The van der Waals surface area contributed by atoms with E-state index in [1.165, 1.54) is 32.7 Å². The van der Waals surface area contributed by atoms with Crippen LogP contribution in [-0.2, 0) is 14.8 Å². The highest BCUT2D eigenvalue weighted by Crippen LogP contribution is 2.46. The molecule has 0 radical (unpaired) electrons. The molecule has 1 saturated carbocycles. The molecule has 0 bridgehead atoms. The summed E-state index contributed by atoms with van der Waals surface area (Å²) in [5.74, 6) is 1.04. The number of nitrogens with one attached hydrogen (secondary N) is 1. The molecule has 1 heterocycles. The molecule has 1 aliphatic heterocycles. The van der Waals surface area contributed by atoms with Crippen molar-refractivity contribution < 1.29 is 22.7 Å². The minimum Gasteiger partial charge on any atom is -0.497 e. The lowest BCUT2D eigenvalue weighted by molar-refractivity contribution is -0.122. The molecule has 1 atom stereocenters. The van der Waals surface area contributed by atoms with Crippen molar-refractivity contribution in [3.63, 3.8) is 0 Å². The van der Waals surface area contributed by atoms with Gasteiger partial charge in [0.25, 0.3) is 0 Å². The van der Waals surface area contributed by atoms with Crippen LogP contribution in [0.4, 0.5) is 0 Å². The zero-order chi connectivity index (χ0) is 22.8. The number of carbonyl (C=O) groups is 1. The van der Waals surface area contributed by atoms with Gasteiger partial charge in [-0.05, 0) is 56.0 Å². The highest BCUT2D eigenvalue weighted by atomic mass is 32.2. The van der Waals surface area contributed by atoms with Gasteiger partial charge in [-0.3, -0.25) is 4.79 Å². The number of likely N-dealkylation sites (N-methyl/N-ethyl adjacent to an activating group) is 1. The van der Waals surface area contributed by atoms with Gasteiger partial charge >= 0.3 is 0 Å². The van der Waals surface area contributed by atoms with Gasteiger partial charge in [0.05, 0.1) is 24.6 Å². The summed E-state index contributed by atoms with van der Waals surface area (Å²) in [7, 11) is -0.859. The number of amides is 1. The number of methoxy groups -OCH3 is 1. The van der Waals surface area contributed by atoms with Crippen molar-refractivity contribution >= 4 is 15.9 Å². The molecule has 1 amide bonds. The van der Waals surface area contributed by atoms with Crippen LogP contribution in [0, 0.1) is 0 Å². The molecule has 2 aromatic carbocycles. The second-order valence-electron chi connectivity index (χ2n) is 8.64. The van der Waals surface area contributed by atoms with Crippen LogP contribution in [0.1, 0.15) is 50.1 Å². The number of hydrogen-bond acceptors (Lipinski definition) is 5. The van der Waals surface area contributed by atoms with Gasteiger partial charge in [-0.1, -0.05) is 24.6 Å². The highest BCUT2D eigenvalue weighted by Gasteiger charge is 2.42. The first kappa shape index (κ1) is 22.6. The van der Waals surface area contributed by atoms with Crippen LogP contribution in [0.25, 0.3) is 0 Å². The summed E-state index contributed by atoms with van der Waals surface area (Å²) in [6, 6.07) is 13.7. The molecule has 8 heteroatoms. The number of para-hydroxylation sites is 1. The van der Waals surface area contributed by atoms with E-state index in [1.54, 1.807) is 12.1 Å². The van der Waals surface area contributed by atoms with E-state index in [0.29, 0.717) is 12.2 Å². The quantitative estimate of drug-likeness (QED) is 0.714. The van der Waals surface area contributed by atoms with Crippen molar-refractivity contribution in [2.24, 2.45) is 0 Å². The SMILES string of the molecule is COc1ccc(S(=O)(=O)N(C)CC(=O)N[C@H]2CC3(CCCCC3)Oc3ccccc32)cc1. The van der Waals surface area contributed by atoms with Crippen LogP contribution in [0.5, 0.6) is 11.5 Å². The van der Waals surface area contributed by atoms with Crippen LogP contribution in [0.15, 0.2) is 53.4 Å². The number of sulfonamides is 1. The van der Waals surface area contributed by atoms with E-state index in [4.69, 9.17) is 9.47 Å². The summed E-state index contributed by atoms with van der Waals surface area (Å²) >= 11 is 0. The monoisotopic (exact) mass is 458 g/mol. The van der Waals surface area contributed by atoms with Gasteiger partial charge in [0.15, 0.2) is 0 Å². The minimum atomic E-state index is -3.80. The first-order valence-electron chi connectivity index (χ1n) is 11.0. The van der Waals surface area contributed by atoms with Gasteiger partial charge in [0, 0.05) is 19.0 Å². The normalized spacial score (nSPS) is 19.8. The fraction of sp³-hybridized carbons (Fsp3) is 0.458. The lowest BCUT2D eigenvalue weighted by Gasteiger charge is -2.44. The average Bonchev–Trinajstić information content (AvgIpc) is 2.79. The number of ether oxygens (including phenoxy) is 2. The third kappa shape index (κ3) is 4.61. The van der Waals surface area contributed by atoms with E-state index in [2.05, 4.69) is 5.32 Å². The van der Waals surface area contributed by atoms with E-state index in [9.17, 15) is 13.2 Å². The Balaban J connectivity index is 1.47. The predicted octanol–water partition coefficient (Wildman–Crippen LogP) is 3.66. The third-order valence-electron chi connectivity index (χ3n) is 6.43. The minimum absolute atomic E-state index is 0.117. The third-order valence-corrected chi connectivity index (χ3v) is 8.25. The summed E-state index contributed by atoms with van der Waals surface area (Å²) in [6.45, 7) is -0.263. The second-order valence-corrected chi connectivity index (χ2v) is 10.7. The largest absolute Gasteiger partial charge is 0.497 e. The molecule has 4 rings (SSSR count). The van der Waals surface area contributed by atoms with Gasteiger partial charge in [-0.15, -0.1) is 0 Å². The van der Waals surface area contributed by atoms with E-state index >= 15 is 0 Å². The zero-order valence-electron chi connectivity index (χ0n) is 18.5. The number of rotatable bonds is 6. The summed E-state index contributed by atoms with van der Waals surface area (Å²) in [4.78, 5) is 13.0. The lowest BCUT2D eigenvalue weighted by atomic mass is 9.77. The van der Waals surface area contributed by atoms with Crippen molar-refractivity contribution in [2.75, 3.05) is 20.7 Å². The van der Waals surface area contributed by atoms with Gasteiger partial charge in [-0.2, -0.15) is 4.31 Å². The van der Waals surface area contributed by atoms with Crippen molar-refractivity contribution in [1.82, 2.24) is 9.62 Å². The van der Waals surface area contributed by atoms with Gasteiger partial charge in [0.2, 0.25) is 15.9 Å². The fourth-order valence-electron chi connectivity index (χ4n) is 4.70. The number of fused-ring (bicyclic) bond motifs is 1. The van der Waals surface area contributed by atoms with Crippen molar-refractivity contribution in [3.8, 4) is 11.5 Å². The molecule has 1 fully saturated rings. The Morgan fingerprint density at radius 2 is 1.81 bits per heavy atom. The maximum absolute atomic E-state index is 12.9. The molecule has 1 aliphatic carbocycles. The molecule has 2 aromatic rings. The molecule has 0 unspecified atom stereocenters. The van der Waals surface area contributed by atoms with E-state index in [0.717, 1.165) is 41.3 Å². The molecular weight excluding hydrogens is 428 g/mol. The Labute approximate surface area is 189 Å². The molecule has 0 aromatic heterocycles. The molecule has 1 N–H and O–H groups in total. The Morgan fingerprint density at radius 1 is 1.12 bits per heavy atom. The second kappa shape index (κ2) is 9.11. The summed E-state index contributed by atoms with van der Waals surface area (Å²) < 4.78 is 38.3.